The van der Waals surface area contributed by atoms with E-state index in [4.69, 9.17) is 12.2 Å². The lowest BCUT2D eigenvalue weighted by Crippen LogP contribution is -2.48. The molecule has 2 N–H and O–H groups in total. The Balaban J connectivity index is 2.60. The van der Waals surface area contributed by atoms with Crippen molar-refractivity contribution in [2.75, 3.05) is 7.05 Å². The molecule has 1 rings (SSSR count). The van der Waals surface area contributed by atoms with Crippen LogP contribution in [0.4, 0.5) is 0 Å². The van der Waals surface area contributed by atoms with Crippen LogP contribution in [0.15, 0.2) is 30.3 Å². The summed E-state index contributed by atoms with van der Waals surface area (Å²) in [5.41, 5.74) is 1.29. The maximum absolute atomic E-state index is 5.10. The first-order chi connectivity index (χ1) is 7.03. The van der Waals surface area contributed by atoms with E-state index in [1.807, 2.05) is 13.1 Å². The van der Waals surface area contributed by atoms with Gasteiger partial charge in [-0.25, -0.2) is 0 Å². The Kier molecular flexibility index (Phi) is 4.09. The van der Waals surface area contributed by atoms with E-state index in [9.17, 15) is 0 Å². The zero-order valence-electron chi connectivity index (χ0n) is 9.50. The van der Waals surface area contributed by atoms with E-state index < -0.39 is 0 Å². The summed E-state index contributed by atoms with van der Waals surface area (Å²) < 4.78 is 0. The van der Waals surface area contributed by atoms with E-state index in [1.165, 1.54) is 5.56 Å². The Morgan fingerprint density at radius 1 is 1.27 bits per heavy atom. The minimum absolute atomic E-state index is 0.0263. The van der Waals surface area contributed by atoms with Gasteiger partial charge in [0.1, 0.15) is 0 Å². The topological polar surface area (TPSA) is 24.1 Å². The van der Waals surface area contributed by atoms with Crippen LogP contribution in [0.1, 0.15) is 19.4 Å². The zero-order chi connectivity index (χ0) is 11.3. The Hall–Kier alpha value is -1.09. The van der Waals surface area contributed by atoms with Crippen molar-refractivity contribution >= 4 is 17.3 Å². The standard InChI is InChI=1S/C12H18N2S/c1-12(2,14-11(15)13-3)9-10-7-5-4-6-8-10/h4-8H,9H2,1-3H3,(H2,13,14,15). The monoisotopic (exact) mass is 222 g/mol. The first-order valence-electron chi connectivity index (χ1n) is 5.07. The minimum Gasteiger partial charge on any atom is -0.366 e. The van der Waals surface area contributed by atoms with Crippen molar-refractivity contribution in [2.45, 2.75) is 25.8 Å². The second kappa shape index (κ2) is 5.12. The molecule has 1 aromatic rings. The largest absolute Gasteiger partial charge is 0.366 e. The van der Waals surface area contributed by atoms with Crippen molar-refractivity contribution in [1.29, 1.82) is 0 Å². The predicted molar refractivity (Wildman–Crippen MR) is 69.0 cm³/mol. The number of hydrogen-bond acceptors (Lipinski definition) is 1. The number of nitrogens with one attached hydrogen (secondary N) is 2. The summed E-state index contributed by atoms with van der Waals surface area (Å²) in [5.74, 6) is 0. The van der Waals surface area contributed by atoms with Crippen LogP contribution in [0.5, 0.6) is 0 Å². The van der Waals surface area contributed by atoms with Gasteiger partial charge in [-0.2, -0.15) is 0 Å². The van der Waals surface area contributed by atoms with Gasteiger partial charge in [-0.3, -0.25) is 0 Å². The molecule has 82 valence electrons. The summed E-state index contributed by atoms with van der Waals surface area (Å²) in [7, 11) is 1.83. The summed E-state index contributed by atoms with van der Waals surface area (Å²) in [4.78, 5) is 0. The molecular formula is C12H18N2S. The summed E-state index contributed by atoms with van der Waals surface area (Å²) in [6, 6.07) is 10.4. The van der Waals surface area contributed by atoms with Crippen LogP contribution in [0.3, 0.4) is 0 Å². The highest BCUT2D eigenvalue weighted by Crippen LogP contribution is 2.11. The molecule has 0 heterocycles. The number of rotatable bonds is 3. The molecule has 3 heteroatoms. The van der Waals surface area contributed by atoms with Crippen molar-refractivity contribution in [3.63, 3.8) is 0 Å². The lowest BCUT2D eigenvalue weighted by atomic mass is 9.95. The average molecular weight is 222 g/mol. The van der Waals surface area contributed by atoms with Gasteiger partial charge in [-0.15, -0.1) is 0 Å². The lowest BCUT2D eigenvalue weighted by molar-refractivity contribution is 0.456. The Labute approximate surface area is 97.1 Å². The van der Waals surface area contributed by atoms with Crippen LogP contribution in [0, 0.1) is 0 Å². The number of benzene rings is 1. The summed E-state index contributed by atoms with van der Waals surface area (Å²) in [5, 5.41) is 6.89. The molecule has 0 spiro atoms. The van der Waals surface area contributed by atoms with Gasteiger partial charge in [0.2, 0.25) is 0 Å². The Morgan fingerprint density at radius 3 is 2.40 bits per heavy atom. The summed E-state index contributed by atoms with van der Waals surface area (Å²) in [6.45, 7) is 4.28. The highest BCUT2D eigenvalue weighted by atomic mass is 32.1. The van der Waals surface area contributed by atoms with Crippen LogP contribution >= 0.6 is 12.2 Å². The van der Waals surface area contributed by atoms with Crippen LogP contribution < -0.4 is 10.6 Å². The first-order valence-corrected chi connectivity index (χ1v) is 5.48. The molecule has 0 saturated heterocycles. The van der Waals surface area contributed by atoms with Gasteiger partial charge < -0.3 is 10.6 Å². The van der Waals surface area contributed by atoms with E-state index in [1.54, 1.807) is 0 Å². The molecule has 0 amide bonds. The van der Waals surface area contributed by atoms with E-state index in [2.05, 4.69) is 48.7 Å². The van der Waals surface area contributed by atoms with E-state index in [-0.39, 0.29) is 5.54 Å². The molecule has 0 bridgehead atoms. The van der Waals surface area contributed by atoms with Gasteiger partial charge in [0, 0.05) is 12.6 Å². The molecule has 0 aliphatic carbocycles. The molecular weight excluding hydrogens is 204 g/mol. The van der Waals surface area contributed by atoms with Gasteiger partial charge >= 0.3 is 0 Å². The first kappa shape index (κ1) is 12.0. The highest BCUT2D eigenvalue weighted by Gasteiger charge is 2.18. The van der Waals surface area contributed by atoms with Crippen molar-refractivity contribution in [2.24, 2.45) is 0 Å². The molecule has 0 unspecified atom stereocenters. The molecule has 0 atom stereocenters. The van der Waals surface area contributed by atoms with Crippen LogP contribution in [-0.2, 0) is 6.42 Å². The van der Waals surface area contributed by atoms with Crippen molar-refractivity contribution < 1.29 is 0 Å². The van der Waals surface area contributed by atoms with Gasteiger partial charge in [-0.05, 0) is 38.0 Å². The fraction of sp³-hybridized carbons (Fsp3) is 0.417. The van der Waals surface area contributed by atoms with Crippen molar-refractivity contribution in [3.8, 4) is 0 Å². The van der Waals surface area contributed by atoms with Gasteiger partial charge in [-0.1, -0.05) is 30.3 Å². The zero-order valence-corrected chi connectivity index (χ0v) is 10.3. The second-order valence-electron chi connectivity index (χ2n) is 4.25. The van der Waals surface area contributed by atoms with Gasteiger partial charge in [0.05, 0.1) is 0 Å². The normalized spacial score (nSPS) is 10.9. The van der Waals surface area contributed by atoms with Crippen molar-refractivity contribution in [3.05, 3.63) is 35.9 Å². The van der Waals surface area contributed by atoms with E-state index in [0.29, 0.717) is 5.11 Å². The molecule has 0 saturated carbocycles. The third-order valence-corrected chi connectivity index (χ3v) is 2.47. The molecule has 0 aromatic heterocycles. The molecule has 1 aromatic carbocycles. The predicted octanol–water partition coefficient (Wildman–Crippen LogP) is 2.10. The molecule has 0 aliphatic heterocycles. The average Bonchev–Trinajstić information content (AvgIpc) is 2.17. The maximum atomic E-state index is 5.10. The van der Waals surface area contributed by atoms with Crippen LogP contribution in [0.2, 0.25) is 0 Å². The van der Waals surface area contributed by atoms with Gasteiger partial charge in [0.15, 0.2) is 5.11 Å². The third kappa shape index (κ3) is 4.30. The number of hydrogen-bond donors (Lipinski definition) is 2. The second-order valence-corrected chi connectivity index (χ2v) is 4.66. The molecule has 2 nitrogen and oxygen atoms in total. The van der Waals surface area contributed by atoms with Crippen LogP contribution in [-0.4, -0.2) is 17.7 Å². The molecule has 15 heavy (non-hydrogen) atoms. The fourth-order valence-electron chi connectivity index (χ4n) is 1.52. The van der Waals surface area contributed by atoms with E-state index >= 15 is 0 Å². The Bertz CT molecular complexity index is 320. The number of thiocarbonyl (C=S) groups is 1. The van der Waals surface area contributed by atoms with E-state index in [0.717, 1.165) is 6.42 Å². The third-order valence-electron chi connectivity index (χ3n) is 2.17. The molecule has 0 fully saturated rings. The summed E-state index contributed by atoms with van der Waals surface area (Å²) in [6.07, 6.45) is 0.954. The SMILES string of the molecule is CNC(=S)NC(C)(C)Cc1ccccc1. The molecule has 0 radical (unpaired) electrons. The minimum atomic E-state index is -0.0263. The Morgan fingerprint density at radius 2 is 1.87 bits per heavy atom. The summed E-state index contributed by atoms with van der Waals surface area (Å²) >= 11 is 5.10. The smallest absolute Gasteiger partial charge is 0.166 e. The van der Waals surface area contributed by atoms with Crippen molar-refractivity contribution in [1.82, 2.24) is 10.6 Å². The molecule has 0 aliphatic rings. The highest BCUT2D eigenvalue weighted by molar-refractivity contribution is 7.80. The maximum Gasteiger partial charge on any atom is 0.166 e. The fourth-order valence-corrected chi connectivity index (χ4v) is 1.80. The quantitative estimate of drug-likeness (QED) is 0.766. The van der Waals surface area contributed by atoms with Crippen LogP contribution in [0.25, 0.3) is 0 Å². The lowest BCUT2D eigenvalue weighted by Gasteiger charge is -2.27. The van der Waals surface area contributed by atoms with Gasteiger partial charge in [0.25, 0.3) is 0 Å².